The number of carbonyl (C=O) groups excluding carboxylic acids is 1. The van der Waals surface area contributed by atoms with E-state index >= 15 is 0 Å². The van der Waals surface area contributed by atoms with Crippen molar-refractivity contribution >= 4 is 5.78 Å². The van der Waals surface area contributed by atoms with Gasteiger partial charge in [-0.15, -0.1) is 0 Å². The van der Waals surface area contributed by atoms with Gasteiger partial charge < -0.3 is 14.4 Å². The van der Waals surface area contributed by atoms with Crippen molar-refractivity contribution in [2.24, 2.45) is 0 Å². The van der Waals surface area contributed by atoms with E-state index in [0.717, 1.165) is 13.1 Å². The van der Waals surface area contributed by atoms with Crippen LogP contribution >= 0.6 is 0 Å². The third kappa shape index (κ3) is 3.06. The number of carbonyl (C=O) groups is 1. The lowest BCUT2D eigenvalue weighted by atomic mass is 10.3. The summed E-state index contributed by atoms with van der Waals surface area (Å²) in [6, 6.07) is 0. The average Bonchev–Trinajstić information content (AvgIpc) is 2.15. The van der Waals surface area contributed by atoms with Crippen LogP contribution in [0.5, 0.6) is 0 Å². The van der Waals surface area contributed by atoms with Gasteiger partial charge in [-0.2, -0.15) is 0 Å². The fraction of sp³-hybridized carbons (Fsp3) is 0.667. The molecule has 0 unspecified atom stereocenters. The first kappa shape index (κ1) is 10.1. The minimum Gasteiger partial charge on any atom is -0.482 e. The van der Waals surface area contributed by atoms with Crippen molar-refractivity contribution in [3.05, 3.63) is 12.0 Å². The molecule has 1 heterocycles. The van der Waals surface area contributed by atoms with Crippen molar-refractivity contribution in [2.45, 2.75) is 6.92 Å². The van der Waals surface area contributed by atoms with Gasteiger partial charge in [0.2, 0.25) is 0 Å². The third-order valence-corrected chi connectivity index (χ3v) is 1.86. The molecular weight excluding hydrogens is 170 g/mol. The fourth-order valence-corrected chi connectivity index (χ4v) is 1.24. The predicted molar refractivity (Wildman–Crippen MR) is 48.2 cm³/mol. The average molecular weight is 185 g/mol. The molecule has 0 bridgehead atoms. The molecule has 0 amide bonds. The van der Waals surface area contributed by atoms with E-state index in [2.05, 4.69) is 0 Å². The quantitative estimate of drug-likeness (QED) is 0.471. The summed E-state index contributed by atoms with van der Waals surface area (Å²) in [7, 11) is 1.57. The Kier molecular flexibility index (Phi) is 3.76. The Labute approximate surface area is 78.1 Å². The monoisotopic (exact) mass is 185 g/mol. The molecule has 13 heavy (non-hydrogen) atoms. The molecule has 0 aliphatic carbocycles. The van der Waals surface area contributed by atoms with E-state index < -0.39 is 0 Å². The Morgan fingerprint density at radius 2 is 2.08 bits per heavy atom. The summed E-state index contributed by atoms with van der Waals surface area (Å²) in [6.45, 7) is 4.47. The maximum atomic E-state index is 10.8. The molecule has 1 rings (SSSR count). The van der Waals surface area contributed by atoms with Crippen LogP contribution in [-0.2, 0) is 14.3 Å². The molecule has 0 radical (unpaired) electrons. The highest BCUT2D eigenvalue weighted by atomic mass is 16.5. The van der Waals surface area contributed by atoms with Gasteiger partial charge in [-0.05, 0) is 6.92 Å². The highest BCUT2D eigenvalue weighted by Crippen LogP contribution is 2.07. The minimum absolute atomic E-state index is 0.00309. The number of morpholine rings is 1. The molecule has 0 atom stereocenters. The van der Waals surface area contributed by atoms with Crippen LogP contribution in [0.25, 0.3) is 0 Å². The van der Waals surface area contributed by atoms with Crippen LogP contribution in [-0.4, -0.2) is 44.1 Å². The number of allylic oxidation sites excluding steroid dienone is 1. The second kappa shape index (κ2) is 4.87. The Hall–Kier alpha value is -1.03. The summed E-state index contributed by atoms with van der Waals surface area (Å²) in [5.41, 5.74) is 0. The van der Waals surface area contributed by atoms with E-state index in [1.165, 1.54) is 13.0 Å². The number of hydrogen-bond donors (Lipinski definition) is 0. The van der Waals surface area contributed by atoms with E-state index in [1.807, 2.05) is 4.90 Å². The predicted octanol–water partition coefficient (Wildman–Crippen LogP) is 0.395. The lowest BCUT2D eigenvalue weighted by molar-refractivity contribution is -0.113. The number of ketones is 1. The van der Waals surface area contributed by atoms with Gasteiger partial charge in [-0.3, -0.25) is 4.79 Å². The molecule has 0 saturated carbocycles. The SMILES string of the molecule is COC(=CC(C)=O)N1CCOCC1. The molecule has 0 aromatic rings. The van der Waals surface area contributed by atoms with Crippen molar-refractivity contribution in [1.29, 1.82) is 0 Å². The number of hydrogen-bond acceptors (Lipinski definition) is 4. The molecule has 1 saturated heterocycles. The van der Waals surface area contributed by atoms with Crippen molar-refractivity contribution in [2.75, 3.05) is 33.4 Å². The zero-order chi connectivity index (χ0) is 9.68. The molecule has 0 aromatic heterocycles. The molecule has 4 nitrogen and oxygen atoms in total. The summed E-state index contributed by atoms with van der Waals surface area (Å²) in [5.74, 6) is 0.638. The molecule has 1 fully saturated rings. The zero-order valence-corrected chi connectivity index (χ0v) is 8.08. The standard InChI is InChI=1S/C9H15NO3/c1-8(11)7-9(12-2)10-3-5-13-6-4-10/h7H,3-6H2,1-2H3. The van der Waals surface area contributed by atoms with Gasteiger partial charge in [-0.1, -0.05) is 0 Å². The Balaban J connectivity index is 2.58. The smallest absolute Gasteiger partial charge is 0.192 e. The summed E-state index contributed by atoms with van der Waals surface area (Å²) >= 11 is 0. The molecule has 1 aliphatic rings. The molecule has 4 heteroatoms. The summed E-state index contributed by atoms with van der Waals surface area (Å²) in [6.07, 6.45) is 1.51. The highest BCUT2D eigenvalue weighted by Gasteiger charge is 2.14. The summed E-state index contributed by atoms with van der Waals surface area (Å²) < 4.78 is 10.3. The van der Waals surface area contributed by atoms with Crippen LogP contribution in [0.4, 0.5) is 0 Å². The van der Waals surface area contributed by atoms with Gasteiger partial charge >= 0.3 is 0 Å². The van der Waals surface area contributed by atoms with Gasteiger partial charge in [0.15, 0.2) is 11.7 Å². The highest BCUT2D eigenvalue weighted by molar-refractivity contribution is 5.87. The van der Waals surface area contributed by atoms with E-state index in [-0.39, 0.29) is 5.78 Å². The normalized spacial score (nSPS) is 18.6. The van der Waals surface area contributed by atoms with E-state index in [1.54, 1.807) is 7.11 Å². The Bertz CT molecular complexity index is 207. The molecule has 0 spiro atoms. The molecule has 0 aromatic carbocycles. The topological polar surface area (TPSA) is 38.8 Å². The number of ether oxygens (including phenoxy) is 2. The lowest BCUT2D eigenvalue weighted by Gasteiger charge is -2.29. The van der Waals surface area contributed by atoms with Crippen LogP contribution in [0.15, 0.2) is 12.0 Å². The van der Waals surface area contributed by atoms with Crippen molar-refractivity contribution in [3.63, 3.8) is 0 Å². The first-order chi connectivity index (χ1) is 6.24. The summed E-state index contributed by atoms with van der Waals surface area (Å²) in [4.78, 5) is 12.8. The lowest BCUT2D eigenvalue weighted by Crippen LogP contribution is -2.36. The first-order valence-corrected chi connectivity index (χ1v) is 4.33. The fourth-order valence-electron chi connectivity index (χ4n) is 1.24. The number of methoxy groups -OCH3 is 1. The van der Waals surface area contributed by atoms with Gasteiger partial charge in [0, 0.05) is 19.2 Å². The Morgan fingerprint density at radius 3 is 2.54 bits per heavy atom. The first-order valence-electron chi connectivity index (χ1n) is 4.33. The second-order valence-corrected chi connectivity index (χ2v) is 2.90. The number of rotatable bonds is 3. The second-order valence-electron chi connectivity index (χ2n) is 2.90. The number of nitrogens with zero attached hydrogens (tertiary/aromatic N) is 1. The van der Waals surface area contributed by atoms with Crippen LogP contribution in [0, 0.1) is 0 Å². The molecular formula is C9H15NO3. The van der Waals surface area contributed by atoms with E-state index in [4.69, 9.17) is 9.47 Å². The molecule has 0 N–H and O–H groups in total. The van der Waals surface area contributed by atoms with Crippen molar-refractivity contribution < 1.29 is 14.3 Å². The largest absolute Gasteiger partial charge is 0.482 e. The van der Waals surface area contributed by atoms with Crippen molar-refractivity contribution in [1.82, 2.24) is 4.90 Å². The van der Waals surface area contributed by atoms with Crippen LogP contribution in [0.2, 0.25) is 0 Å². The van der Waals surface area contributed by atoms with Gasteiger partial charge in [0.1, 0.15) is 0 Å². The molecule has 1 aliphatic heterocycles. The maximum Gasteiger partial charge on any atom is 0.192 e. The third-order valence-electron chi connectivity index (χ3n) is 1.86. The maximum absolute atomic E-state index is 10.8. The van der Waals surface area contributed by atoms with E-state index in [9.17, 15) is 4.79 Å². The summed E-state index contributed by atoms with van der Waals surface area (Å²) in [5, 5.41) is 0. The van der Waals surface area contributed by atoms with E-state index in [0.29, 0.717) is 19.1 Å². The van der Waals surface area contributed by atoms with Gasteiger partial charge in [-0.25, -0.2) is 0 Å². The van der Waals surface area contributed by atoms with Crippen molar-refractivity contribution in [3.8, 4) is 0 Å². The van der Waals surface area contributed by atoms with Gasteiger partial charge in [0.05, 0.1) is 20.3 Å². The minimum atomic E-state index is 0.00309. The molecule has 74 valence electrons. The Morgan fingerprint density at radius 1 is 1.46 bits per heavy atom. The van der Waals surface area contributed by atoms with Crippen LogP contribution in [0.1, 0.15) is 6.92 Å². The van der Waals surface area contributed by atoms with Crippen LogP contribution in [0.3, 0.4) is 0 Å². The zero-order valence-electron chi connectivity index (χ0n) is 8.08. The van der Waals surface area contributed by atoms with Crippen LogP contribution < -0.4 is 0 Å². The van der Waals surface area contributed by atoms with Gasteiger partial charge in [0.25, 0.3) is 0 Å².